The van der Waals surface area contributed by atoms with E-state index in [2.05, 4.69) is 44.5 Å². The second kappa shape index (κ2) is 20.1. The van der Waals surface area contributed by atoms with Crippen LogP contribution in [0.1, 0.15) is 110 Å². The van der Waals surface area contributed by atoms with Gasteiger partial charge in [-0.25, -0.2) is 4.98 Å². The maximum atomic E-state index is 13.8. The summed E-state index contributed by atoms with van der Waals surface area (Å²) in [6.45, 7) is 4.52. The van der Waals surface area contributed by atoms with Gasteiger partial charge in [-0.2, -0.15) is 0 Å². The standard InChI is InChI=1S/C52H49N7O7S/c60-39-21-22-43(44(61)31-39)59-50(65)40-10-7-11-42(46(40)51(59)66)53-23-6-2-5-12-45(62)57-27-25-56(26-28-57)32-36-17-14-34(15-18-36)13-16-35-19-20-38-33-58(49(64)41(38)30-35)47(37-8-3-1-4-9-37)48(63)55-52-54-24-29-67-52/h1,3-4,7-11,14-15,17-20,24,29-30,43,47,53H,2,5-6,12,21-23,25-28,31-33H2,(H,54,55,63). The number of hydrogen-bond acceptors (Lipinski definition) is 11. The number of anilines is 2. The smallest absolute Gasteiger partial charge is 0.264 e. The zero-order valence-corrected chi connectivity index (χ0v) is 37.7. The van der Waals surface area contributed by atoms with Crippen molar-refractivity contribution in [2.24, 2.45) is 0 Å². The van der Waals surface area contributed by atoms with Gasteiger partial charge in [-0.3, -0.25) is 48.7 Å². The molecule has 4 aliphatic rings. The van der Waals surface area contributed by atoms with E-state index in [1.165, 1.54) is 11.3 Å². The number of Topliss-reactive ketones (excluding diaryl/α,β-unsaturated/α-hetero) is 2. The van der Waals surface area contributed by atoms with Gasteiger partial charge in [0, 0.05) is 92.6 Å². The zero-order valence-electron chi connectivity index (χ0n) is 36.9. The summed E-state index contributed by atoms with van der Waals surface area (Å²) < 4.78 is 0. The number of benzene rings is 4. The molecule has 0 radical (unpaired) electrons. The molecule has 1 aromatic heterocycles. The fourth-order valence-electron chi connectivity index (χ4n) is 9.25. The Kier molecular flexibility index (Phi) is 13.5. The highest BCUT2D eigenvalue weighted by Crippen LogP contribution is 2.35. The lowest BCUT2D eigenvalue weighted by Gasteiger charge is -2.34. The highest BCUT2D eigenvalue weighted by Gasteiger charge is 2.45. The maximum absolute atomic E-state index is 13.8. The van der Waals surface area contributed by atoms with E-state index < -0.39 is 29.7 Å². The summed E-state index contributed by atoms with van der Waals surface area (Å²) in [6.07, 6.45) is 4.50. The number of thiazole rings is 1. The van der Waals surface area contributed by atoms with Gasteiger partial charge in [0.05, 0.1) is 23.6 Å². The minimum absolute atomic E-state index is 0.149. The second-order valence-electron chi connectivity index (χ2n) is 17.2. The quantitative estimate of drug-likeness (QED) is 0.0545. The summed E-state index contributed by atoms with van der Waals surface area (Å²) in [6, 6.07) is 26.4. The average Bonchev–Trinajstić information content (AvgIpc) is 4.04. The summed E-state index contributed by atoms with van der Waals surface area (Å²) in [5.74, 6) is 4.48. The molecule has 14 nitrogen and oxygen atoms in total. The van der Waals surface area contributed by atoms with E-state index in [9.17, 15) is 33.6 Å². The Hall–Kier alpha value is -7.28. The maximum Gasteiger partial charge on any atom is 0.264 e. The van der Waals surface area contributed by atoms with Gasteiger partial charge >= 0.3 is 0 Å². The number of aromatic nitrogens is 1. The van der Waals surface area contributed by atoms with Crippen molar-refractivity contribution in [3.8, 4) is 11.8 Å². The predicted molar refractivity (Wildman–Crippen MR) is 252 cm³/mol. The molecule has 2 fully saturated rings. The first-order valence-electron chi connectivity index (χ1n) is 22.7. The number of rotatable bonds is 14. The Morgan fingerprint density at radius 1 is 0.791 bits per heavy atom. The van der Waals surface area contributed by atoms with E-state index in [1.54, 1.807) is 40.7 Å². The molecule has 0 spiro atoms. The number of imide groups is 1. The molecule has 2 unspecified atom stereocenters. The molecule has 5 aromatic rings. The van der Waals surface area contributed by atoms with Crippen LogP contribution in [0.5, 0.6) is 0 Å². The number of carbonyl (C=O) groups is 7. The summed E-state index contributed by atoms with van der Waals surface area (Å²) in [4.78, 5) is 102. The van der Waals surface area contributed by atoms with Crippen LogP contribution in [0.3, 0.4) is 0 Å². The number of nitrogens with zero attached hydrogens (tertiary/aromatic N) is 5. The molecular formula is C52H49N7O7S. The van der Waals surface area contributed by atoms with E-state index >= 15 is 0 Å². The second-order valence-corrected chi connectivity index (χ2v) is 18.1. The lowest BCUT2D eigenvalue weighted by Crippen LogP contribution is -2.48. The number of carbonyl (C=O) groups excluding carboxylic acids is 7. The molecule has 5 amide bonds. The molecule has 340 valence electrons. The van der Waals surface area contributed by atoms with Gasteiger partial charge in [0.1, 0.15) is 11.8 Å². The van der Waals surface area contributed by atoms with Crippen molar-refractivity contribution >= 4 is 63.3 Å². The van der Waals surface area contributed by atoms with Crippen LogP contribution in [0.25, 0.3) is 0 Å². The largest absolute Gasteiger partial charge is 0.384 e. The SMILES string of the molecule is O=C1CCC(N2C(=O)c3cccc(NCCCCCC(=O)N4CCN(Cc5ccc(C#Cc6ccc7c(c6)C(=O)N(C(C(=O)Nc6nccs6)c6ccccc6)C7)cc5)CC4)c3C2=O)C(=O)C1. The molecule has 4 aromatic carbocycles. The minimum atomic E-state index is -0.905. The molecule has 2 N–H and O–H groups in total. The van der Waals surface area contributed by atoms with E-state index in [0.29, 0.717) is 60.1 Å². The molecule has 15 heteroatoms. The van der Waals surface area contributed by atoms with Crippen molar-refractivity contribution in [2.75, 3.05) is 43.4 Å². The molecule has 67 heavy (non-hydrogen) atoms. The van der Waals surface area contributed by atoms with Crippen LogP contribution >= 0.6 is 11.3 Å². The number of piperazine rings is 1. The van der Waals surface area contributed by atoms with Crippen molar-refractivity contribution in [1.82, 2.24) is 24.6 Å². The zero-order chi connectivity index (χ0) is 46.4. The first-order chi connectivity index (χ1) is 32.6. The van der Waals surface area contributed by atoms with Crippen molar-refractivity contribution < 1.29 is 33.6 Å². The molecule has 9 rings (SSSR count). The van der Waals surface area contributed by atoms with Crippen LogP contribution in [-0.4, -0.2) is 104 Å². The number of fused-ring (bicyclic) bond motifs is 2. The number of nitrogens with one attached hydrogen (secondary N) is 2. The van der Waals surface area contributed by atoms with Crippen molar-refractivity contribution in [3.63, 3.8) is 0 Å². The summed E-state index contributed by atoms with van der Waals surface area (Å²) in [5.41, 5.74) is 5.87. The van der Waals surface area contributed by atoms with E-state index in [0.717, 1.165) is 60.5 Å². The molecule has 2 atom stereocenters. The first kappa shape index (κ1) is 44.9. The number of ketones is 2. The fraction of sp³-hybridized carbons (Fsp3) is 0.308. The van der Waals surface area contributed by atoms with Gasteiger partial charge in [0.15, 0.2) is 10.9 Å². The monoisotopic (exact) mass is 915 g/mol. The third-order valence-corrected chi connectivity index (χ3v) is 13.5. The lowest BCUT2D eigenvalue weighted by molar-refractivity contribution is -0.134. The third-order valence-electron chi connectivity index (χ3n) is 12.8. The topological polar surface area (TPSA) is 169 Å². The first-order valence-corrected chi connectivity index (χ1v) is 23.6. The van der Waals surface area contributed by atoms with Crippen LogP contribution in [0.15, 0.2) is 103 Å². The molecule has 1 saturated heterocycles. The fourth-order valence-corrected chi connectivity index (χ4v) is 9.79. The van der Waals surface area contributed by atoms with Crippen LogP contribution in [0, 0.1) is 11.8 Å². The highest BCUT2D eigenvalue weighted by molar-refractivity contribution is 7.13. The van der Waals surface area contributed by atoms with E-state index in [-0.39, 0.29) is 53.9 Å². The van der Waals surface area contributed by atoms with Gasteiger partial charge in [0.25, 0.3) is 23.6 Å². The Morgan fingerprint density at radius 3 is 2.33 bits per heavy atom. The summed E-state index contributed by atoms with van der Waals surface area (Å²) in [7, 11) is 0. The molecular weight excluding hydrogens is 867 g/mol. The van der Waals surface area contributed by atoms with Crippen molar-refractivity contribution in [3.05, 3.63) is 147 Å². The number of unbranched alkanes of at least 4 members (excludes halogenated alkanes) is 2. The normalized spacial score (nSPS) is 17.5. The van der Waals surface area contributed by atoms with Gasteiger partial charge in [-0.05, 0) is 72.4 Å². The van der Waals surface area contributed by atoms with Crippen molar-refractivity contribution in [2.45, 2.75) is 70.1 Å². The Balaban J connectivity index is 0.701. The lowest BCUT2D eigenvalue weighted by atomic mass is 9.92. The minimum Gasteiger partial charge on any atom is -0.384 e. The summed E-state index contributed by atoms with van der Waals surface area (Å²) in [5, 5.41) is 8.41. The Bertz CT molecular complexity index is 2790. The van der Waals surface area contributed by atoms with Crippen molar-refractivity contribution in [1.29, 1.82) is 0 Å². The predicted octanol–water partition coefficient (Wildman–Crippen LogP) is 6.48. The molecule has 0 bridgehead atoms. The van der Waals surface area contributed by atoms with Gasteiger partial charge in [-0.1, -0.05) is 72.9 Å². The van der Waals surface area contributed by atoms with Crippen LogP contribution in [0.4, 0.5) is 10.8 Å². The van der Waals surface area contributed by atoms with Gasteiger partial charge in [-0.15, -0.1) is 11.3 Å². The Morgan fingerprint density at radius 2 is 1.57 bits per heavy atom. The molecule has 1 saturated carbocycles. The van der Waals surface area contributed by atoms with E-state index in [4.69, 9.17) is 0 Å². The van der Waals surface area contributed by atoms with Crippen LogP contribution in [0.2, 0.25) is 0 Å². The van der Waals surface area contributed by atoms with Gasteiger partial charge in [0.2, 0.25) is 5.91 Å². The van der Waals surface area contributed by atoms with Gasteiger partial charge < -0.3 is 15.1 Å². The average molecular weight is 916 g/mol. The van der Waals surface area contributed by atoms with E-state index in [1.807, 2.05) is 59.5 Å². The van der Waals surface area contributed by atoms with Crippen LogP contribution < -0.4 is 10.6 Å². The molecule has 1 aliphatic carbocycles. The third kappa shape index (κ3) is 9.96. The van der Waals surface area contributed by atoms with Crippen LogP contribution in [-0.2, 0) is 32.3 Å². The Labute approximate surface area is 392 Å². The number of hydrogen-bond donors (Lipinski definition) is 2. The summed E-state index contributed by atoms with van der Waals surface area (Å²) >= 11 is 1.32. The molecule has 3 aliphatic heterocycles. The molecule has 4 heterocycles. The number of amides is 5. The highest BCUT2D eigenvalue weighted by atomic mass is 32.1.